The van der Waals surface area contributed by atoms with Crippen LogP contribution in [0.1, 0.15) is 21.7 Å². The monoisotopic (exact) mass is 390 g/mol. The number of aryl methyl sites for hydroxylation is 1. The molecule has 0 fully saturated rings. The van der Waals surface area contributed by atoms with Gasteiger partial charge in [-0.05, 0) is 49.4 Å². The summed E-state index contributed by atoms with van der Waals surface area (Å²) < 4.78 is 52.3. The Bertz CT molecular complexity index is 1000. The van der Waals surface area contributed by atoms with Gasteiger partial charge in [-0.25, -0.2) is 14.4 Å². The van der Waals surface area contributed by atoms with Gasteiger partial charge in [0.2, 0.25) is 5.95 Å². The number of aromatic nitrogens is 2. The van der Waals surface area contributed by atoms with Gasteiger partial charge in [0.15, 0.2) is 0 Å². The second kappa shape index (κ2) is 7.63. The average molecular weight is 390 g/mol. The SMILES string of the molecule is Cc1cc(C(=O)Nc2ccccc2C(F)(F)F)nc(Nc2ccc(F)cc2)n1. The number of nitrogens with zero attached hydrogens (tertiary/aromatic N) is 2. The summed E-state index contributed by atoms with van der Waals surface area (Å²) >= 11 is 0. The van der Waals surface area contributed by atoms with E-state index in [1.54, 1.807) is 6.92 Å². The summed E-state index contributed by atoms with van der Waals surface area (Å²) in [6, 6.07) is 11.4. The molecule has 2 N–H and O–H groups in total. The molecule has 1 heterocycles. The van der Waals surface area contributed by atoms with Crippen LogP contribution in [0.15, 0.2) is 54.6 Å². The van der Waals surface area contributed by atoms with E-state index in [4.69, 9.17) is 0 Å². The molecule has 0 saturated carbocycles. The Morgan fingerprint density at radius 1 is 1.00 bits per heavy atom. The molecule has 0 aliphatic heterocycles. The largest absolute Gasteiger partial charge is 0.418 e. The molecule has 1 aromatic heterocycles. The number of hydrogen-bond donors (Lipinski definition) is 2. The van der Waals surface area contributed by atoms with Crippen LogP contribution in [0.25, 0.3) is 0 Å². The topological polar surface area (TPSA) is 66.9 Å². The fourth-order valence-electron chi connectivity index (χ4n) is 2.43. The highest BCUT2D eigenvalue weighted by atomic mass is 19.4. The first-order valence-corrected chi connectivity index (χ1v) is 8.08. The van der Waals surface area contributed by atoms with E-state index in [-0.39, 0.29) is 17.3 Å². The molecule has 5 nitrogen and oxygen atoms in total. The second-order valence-corrected chi connectivity index (χ2v) is 5.85. The Hall–Kier alpha value is -3.49. The molecular weight excluding hydrogens is 376 g/mol. The molecule has 0 atom stereocenters. The highest BCUT2D eigenvalue weighted by molar-refractivity contribution is 6.03. The summed E-state index contributed by atoms with van der Waals surface area (Å²) in [5.74, 6) is -1.18. The van der Waals surface area contributed by atoms with Crippen molar-refractivity contribution in [3.8, 4) is 0 Å². The predicted molar refractivity (Wildman–Crippen MR) is 95.8 cm³/mol. The van der Waals surface area contributed by atoms with E-state index < -0.39 is 23.5 Å². The summed E-state index contributed by atoms with van der Waals surface area (Å²) in [4.78, 5) is 20.6. The maximum absolute atomic E-state index is 13.1. The molecular formula is C19H14F4N4O. The molecule has 28 heavy (non-hydrogen) atoms. The predicted octanol–water partition coefficient (Wildman–Crippen LogP) is 4.94. The van der Waals surface area contributed by atoms with E-state index in [0.29, 0.717) is 11.4 Å². The van der Waals surface area contributed by atoms with Gasteiger partial charge in [0, 0.05) is 11.4 Å². The van der Waals surface area contributed by atoms with Crippen LogP contribution >= 0.6 is 0 Å². The van der Waals surface area contributed by atoms with E-state index in [2.05, 4.69) is 20.6 Å². The van der Waals surface area contributed by atoms with Crippen LogP contribution in [-0.4, -0.2) is 15.9 Å². The van der Waals surface area contributed by atoms with Crippen LogP contribution in [0, 0.1) is 12.7 Å². The summed E-state index contributed by atoms with van der Waals surface area (Å²) in [5, 5.41) is 5.05. The summed E-state index contributed by atoms with van der Waals surface area (Å²) in [6.45, 7) is 1.61. The number of para-hydroxylation sites is 1. The Kier molecular flexibility index (Phi) is 5.25. The zero-order valence-electron chi connectivity index (χ0n) is 14.5. The lowest BCUT2D eigenvalue weighted by atomic mass is 10.1. The van der Waals surface area contributed by atoms with Gasteiger partial charge in [-0.1, -0.05) is 12.1 Å². The van der Waals surface area contributed by atoms with Gasteiger partial charge < -0.3 is 10.6 Å². The molecule has 0 aliphatic rings. The number of benzene rings is 2. The smallest absolute Gasteiger partial charge is 0.324 e. The van der Waals surface area contributed by atoms with Crippen LogP contribution in [0.5, 0.6) is 0 Å². The molecule has 0 spiro atoms. The van der Waals surface area contributed by atoms with Gasteiger partial charge in [-0.3, -0.25) is 4.79 Å². The van der Waals surface area contributed by atoms with Crippen LogP contribution in [0.3, 0.4) is 0 Å². The average Bonchev–Trinajstić information content (AvgIpc) is 2.63. The van der Waals surface area contributed by atoms with Crippen LogP contribution in [-0.2, 0) is 6.18 Å². The molecule has 0 aliphatic carbocycles. The third-order valence-electron chi connectivity index (χ3n) is 3.67. The van der Waals surface area contributed by atoms with Crippen molar-refractivity contribution in [1.82, 2.24) is 9.97 Å². The molecule has 144 valence electrons. The Morgan fingerprint density at radius 3 is 2.36 bits per heavy atom. The fraction of sp³-hybridized carbons (Fsp3) is 0.105. The van der Waals surface area contributed by atoms with E-state index in [1.165, 1.54) is 42.5 Å². The number of carbonyl (C=O) groups is 1. The number of halogens is 4. The van der Waals surface area contributed by atoms with Crippen molar-refractivity contribution >= 4 is 23.2 Å². The zero-order chi connectivity index (χ0) is 20.3. The first kappa shape index (κ1) is 19.3. The van der Waals surface area contributed by atoms with Crippen molar-refractivity contribution in [2.24, 2.45) is 0 Å². The van der Waals surface area contributed by atoms with Crippen molar-refractivity contribution in [2.75, 3.05) is 10.6 Å². The van der Waals surface area contributed by atoms with E-state index >= 15 is 0 Å². The number of rotatable bonds is 4. The maximum atomic E-state index is 13.1. The van der Waals surface area contributed by atoms with Crippen molar-refractivity contribution in [3.63, 3.8) is 0 Å². The van der Waals surface area contributed by atoms with Crippen LogP contribution in [0.2, 0.25) is 0 Å². The minimum atomic E-state index is -4.61. The lowest BCUT2D eigenvalue weighted by Crippen LogP contribution is -2.18. The van der Waals surface area contributed by atoms with Gasteiger partial charge >= 0.3 is 6.18 Å². The number of amides is 1. The highest BCUT2D eigenvalue weighted by Gasteiger charge is 2.33. The quantitative estimate of drug-likeness (QED) is 0.620. The minimum Gasteiger partial charge on any atom is -0.324 e. The van der Waals surface area contributed by atoms with Crippen molar-refractivity contribution in [3.05, 3.63) is 77.4 Å². The third kappa shape index (κ3) is 4.61. The standard InChI is InChI=1S/C19H14F4N4O/c1-11-10-16(27-18(24-11)25-13-8-6-12(20)7-9-13)17(28)26-15-5-3-2-4-14(15)19(21,22)23/h2-10H,1H3,(H,26,28)(H,24,25,27). The van der Waals surface area contributed by atoms with Crippen LogP contribution in [0.4, 0.5) is 34.9 Å². The molecule has 3 rings (SSSR count). The summed E-state index contributed by atoms with van der Waals surface area (Å²) in [5.41, 5.74) is -0.535. The number of hydrogen-bond acceptors (Lipinski definition) is 4. The molecule has 0 radical (unpaired) electrons. The first-order chi connectivity index (χ1) is 13.2. The lowest BCUT2D eigenvalue weighted by Gasteiger charge is -2.14. The number of alkyl halides is 3. The number of nitrogens with one attached hydrogen (secondary N) is 2. The molecule has 0 saturated heterocycles. The molecule has 1 amide bonds. The van der Waals surface area contributed by atoms with Gasteiger partial charge in [0.05, 0.1) is 11.3 Å². The van der Waals surface area contributed by atoms with Gasteiger partial charge in [0.25, 0.3) is 5.91 Å². The molecule has 0 unspecified atom stereocenters. The maximum Gasteiger partial charge on any atom is 0.418 e. The number of anilines is 3. The summed E-state index contributed by atoms with van der Waals surface area (Å²) in [6.07, 6.45) is -4.61. The first-order valence-electron chi connectivity index (χ1n) is 8.08. The van der Waals surface area contributed by atoms with Crippen molar-refractivity contribution < 1.29 is 22.4 Å². The Morgan fingerprint density at radius 2 is 1.68 bits per heavy atom. The molecule has 2 aromatic carbocycles. The molecule has 3 aromatic rings. The van der Waals surface area contributed by atoms with Gasteiger partial charge in [-0.2, -0.15) is 13.2 Å². The summed E-state index contributed by atoms with van der Waals surface area (Å²) in [7, 11) is 0. The number of carbonyl (C=O) groups excluding carboxylic acids is 1. The normalized spacial score (nSPS) is 11.2. The minimum absolute atomic E-state index is 0.0564. The van der Waals surface area contributed by atoms with Crippen LogP contribution < -0.4 is 10.6 Å². The van der Waals surface area contributed by atoms with E-state index in [0.717, 1.165) is 12.1 Å². The van der Waals surface area contributed by atoms with E-state index in [1.807, 2.05) is 0 Å². The fourth-order valence-corrected chi connectivity index (χ4v) is 2.43. The third-order valence-corrected chi connectivity index (χ3v) is 3.67. The molecule has 9 heteroatoms. The Labute approximate surface area is 157 Å². The van der Waals surface area contributed by atoms with Gasteiger partial charge in [-0.15, -0.1) is 0 Å². The second-order valence-electron chi connectivity index (χ2n) is 5.85. The van der Waals surface area contributed by atoms with Crippen molar-refractivity contribution in [1.29, 1.82) is 0 Å². The molecule has 0 bridgehead atoms. The zero-order valence-corrected chi connectivity index (χ0v) is 14.5. The van der Waals surface area contributed by atoms with E-state index in [9.17, 15) is 22.4 Å². The lowest BCUT2D eigenvalue weighted by molar-refractivity contribution is -0.136. The van der Waals surface area contributed by atoms with Crippen molar-refractivity contribution in [2.45, 2.75) is 13.1 Å². The van der Waals surface area contributed by atoms with Gasteiger partial charge in [0.1, 0.15) is 11.5 Å². The Balaban J connectivity index is 1.85. The highest BCUT2D eigenvalue weighted by Crippen LogP contribution is 2.34.